The number of aliphatic carboxylic acids is 1. The largest absolute Gasteiger partial charge is 0.480 e. The van der Waals surface area contributed by atoms with Gasteiger partial charge < -0.3 is 14.7 Å². The number of primary sulfonamides is 1. The average molecular weight is 288 g/mol. The molecule has 0 aliphatic rings. The van der Waals surface area contributed by atoms with Crippen LogP contribution in [-0.2, 0) is 19.6 Å². The molecule has 0 unspecified atom stereocenters. The molecule has 7 nitrogen and oxygen atoms in total. The molecular formula is C11H16N2O5S. The van der Waals surface area contributed by atoms with Gasteiger partial charge in [-0.1, -0.05) is 12.1 Å². The standard InChI is InChI=1S/C11H16N2O5S/c1-18-7-6-13(8-11(14)15)9-4-2-3-5-10(9)19(12,16)17/h2-5H,6-8H2,1H3,(H,14,15)(H2,12,16,17). The summed E-state index contributed by atoms with van der Waals surface area (Å²) < 4.78 is 27.9. The molecule has 8 heteroatoms. The summed E-state index contributed by atoms with van der Waals surface area (Å²) in [4.78, 5) is 12.1. The molecule has 0 aliphatic heterocycles. The summed E-state index contributed by atoms with van der Waals surface area (Å²) in [6.45, 7) is 0.178. The second-order valence-corrected chi connectivity index (χ2v) is 5.35. The highest BCUT2D eigenvalue weighted by molar-refractivity contribution is 7.89. The van der Waals surface area contributed by atoms with E-state index in [9.17, 15) is 13.2 Å². The van der Waals surface area contributed by atoms with Crippen LogP contribution in [0.15, 0.2) is 29.2 Å². The summed E-state index contributed by atoms with van der Waals surface area (Å²) >= 11 is 0. The molecule has 0 atom stereocenters. The molecule has 3 N–H and O–H groups in total. The van der Waals surface area contributed by atoms with Crippen LogP contribution < -0.4 is 10.0 Å². The smallest absolute Gasteiger partial charge is 0.323 e. The van der Waals surface area contributed by atoms with E-state index in [4.69, 9.17) is 15.0 Å². The van der Waals surface area contributed by atoms with Gasteiger partial charge in [0, 0.05) is 13.7 Å². The van der Waals surface area contributed by atoms with E-state index in [1.165, 1.54) is 30.2 Å². The monoisotopic (exact) mass is 288 g/mol. The minimum absolute atomic E-state index is 0.104. The second-order valence-electron chi connectivity index (χ2n) is 3.82. The molecule has 1 aromatic rings. The molecule has 0 fully saturated rings. The van der Waals surface area contributed by atoms with Crippen molar-refractivity contribution in [1.29, 1.82) is 0 Å². The number of rotatable bonds is 7. The molecule has 0 bridgehead atoms. The number of methoxy groups -OCH3 is 1. The molecule has 19 heavy (non-hydrogen) atoms. The van der Waals surface area contributed by atoms with Gasteiger partial charge in [-0.25, -0.2) is 13.6 Å². The molecule has 0 aromatic heterocycles. The topological polar surface area (TPSA) is 110 Å². The fourth-order valence-corrected chi connectivity index (χ4v) is 2.37. The van der Waals surface area contributed by atoms with E-state index in [2.05, 4.69) is 0 Å². The summed E-state index contributed by atoms with van der Waals surface area (Å²) in [5, 5.41) is 14.0. The van der Waals surface area contributed by atoms with E-state index in [-0.39, 0.29) is 30.3 Å². The van der Waals surface area contributed by atoms with Gasteiger partial charge in [0.1, 0.15) is 11.4 Å². The SMILES string of the molecule is COCCN(CC(=O)O)c1ccccc1S(N)(=O)=O. The third-order valence-corrected chi connectivity index (χ3v) is 3.36. The van der Waals surface area contributed by atoms with Crippen LogP contribution in [-0.4, -0.2) is 46.3 Å². The molecule has 0 spiro atoms. The Labute approximate surface area is 111 Å². The van der Waals surface area contributed by atoms with Crippen molar-refractivity contribution in [1.82, 2.24) is 0 Å². The first-order valence-corrected chi connectivity index (χ1v) is 6.98. The number of sulfonamides is 1. The number of carboxylic acids is 1. The lowest BCUT2D eigenvalue weighted by molar-refractivity contribution is -0.135. The van der Waals surface area contributed by atoms with E-state index in [1.807, 2.05) is 0 Å². The molecule has 1 aromatic carbocycles. The lowest BCUT2D eigenvalue weighted by atomic mass is 10.3. The van der Waals surface area contributed by atoms with E-state index in [0.717, 1.165) is 0 Å². The van der Waals surface area contributed by atoms with Crippen LogP contribution in [0.5, 0.6) is 0 Å². The van der Waals surface area contributed by atoms with E-state index < -0.39 is 16.0 Å². The summed E-state index contributed by atoms with van der Waals surface area (Å²) in [5.74, 6) is -1.07. The number of benzene rings is 1. The van der Waals surface area contributed by atoms with Crippen molar-refractivity contribution >= 4 is 21.7 Å². The molecular weight excluding hydrogens is 272 g/mol. The average Bonchev–Trinajstić information content (AvgIpc) is 2.33. The Morgan fingerprint density at radius 2 is 2.05 bits per heavy atom. The van der Waals surface area contributed by atoms with Crippen molar-refractivity contribution in [2.45, 2.75) is 4.90 Å². The Bertz CT molecular complexity index is 544. The van der Waals surface area contributed by atoms with Crippen LogP contribution in [0.2, 0.25) is 0 Å². The Balaban J connectivity index is 3.18. The maximum atomic E-state index is 11.5. The lowest BCUT2D eigenvalue weighted by Gasteiger charge is -2.24. The highest BCUT2D eigenvalue weighted by Gasteiger charge is 2.19. The number of nitrogens with zero attached hydrogens (tertiary/aromatic N) is 1. The van der Waals surface area contributed by atoms with Gasteiger partial charge in [0.05, 0.1) is 12.3 Å². The minimum Gasteiger partial charge on any atom is -0.480 e. The Hall–Kier alpha value is -1.64. The second kappa shape index (κ2) is 6.50. The Morgan fingerprint density at radius 1 is 1.42 bits per heavy atom. The number of anilines is 1. The van der Waals surface area contributed by atoms with Crippen LogP contribution in [0.1, 0.15) is 0 Å². The molecule has 0 saturated heterocycles. The van der Waals surface area contributed by atoms with Crippen LogP contribution in [0.4, 0.5) is 5.69 Å². The minimum atomic E-state index is -3.91. The highest BCUT2D eigenvalue weighted by Crippen LogP contribution is 2.23. The van der Waals surface area contributed by atoms with Crippen LogP contribution in [0, 0.1) is 0 Å². The van der Waals surface area contributed by atoms with Crippen LogP contribution in [0.25, 0.3) is 0 Å². The molecule has 106 valence electrons. The van der Waals surface area contributed by atoms with Gasteiger partial charge in [0.2, 0.25) is 10.0 Å². The van der Waals surface area contributed by atoms with Gasteiger partial charge in [-0.3, -0.25) is 4.79 Å². The third-order valence-electron chi connectivity index (χ3n) is 2.40. The highest BCUT2D eigenvalue weighted by atomic mass is 32.2. The van der Waals surface area contributed by atoms with Gasteiger partial charge in [-0.2, -0.15) is 0 Å². The number of para-hydroxylation sites is 1. The van der Waals surface area contributed by atoms with Gasteiger partial charge in [0.25, 0.3) is 0 Å². The molecule has 0 heterocycles. The first-order valence-electron chi connectivity index (χ1n) is 5.43. The molecule has 0 aliphatic carbocycles. The van der Waals surface area contributed by atoms with Gasteiger partial charge in [-0.05, 0) is 12.1 Å². The number of hydrogen-bond acceptors (Lipinski definition) is 5. The maximum Gasteiger partial charge on any atom is 0.323 e. The number of nitrogens with two attached hydrogens (primary N) is 1. The molecule has 0 amide bonds. The summed E-state index contributed by atoms with van der Waals surface area (Å²) in [6, 6.07) is 5.99. The van der Waals surface area contributed by atoms with Gasteiger partial charge in [-0.15, -0.1) is 0 Å². The number of ether oxygens (including phenoxy) is 1. The normalized spacial score (nSPS) is 11.3. The van der Waals surface area contributed by atoms with E-state index >= 15 is 0 Å². The van der Waals surface area contributed by atoms with Crippen molar-refractivity contribution in [3.8, 4) is 0 Å². The number of carbonyl (C=O) groups is 1. The van der Waals surface area contributed by atoms with Gasteiger partial charge >= 0.3 is 5.97 Å². The van der Waals surface area contributed by atoms with Crippen molar-refractivity contribution in [2.24, 2.45) is 5.14 Å². The van der Waals surface area contributed by atoms with Crippen LogP contribution >= 0.6 is 0 Å². The number of carboxylic acid groups (broad SMARTS) is 1. The lowest BCUT2D eigenvalue weighted by Crippen LogP contribution is -2.34. The van der Waals surface area contributed by atoms with Gasteiger partial charge in [0.15, 0.2) is 0 Å². The summed E-state index contributed by atoms with van der Waals surface area (Å²) in [7, 11) is -2.44. The van der Waals surface area contributed by atoms with Crippen LogP contribution in [0.3, 0.4) is 0 Å². The fourth-order valence-electron chi connectivity index (χ4n) is 1.61. The van der Waals surface area contributed by atoms with E-state index in [1.54, 1.807) is 6.07 Å². The summed E-state index contributed by atoms with van der Waals surface area (Å²) in [5.41, 5.74) is 0.254. The zero-order valence-corrected chi connectivity index (χ0v) is 11.3. The quantitative estimate of drug-likeness (QED) is 0.723. The van der Waals surface area contributed by atoms with Crippen molar-refractivity contribution < 1.29 is 23.1 Å². The predicted octanol–water partition coefficient (Wildman–Crippen LogP) is -0.129. The maximum absolute atomic E-state index is 11.5. The molecule has 1 rings (SSSR count). The third kappa shape index (κ3) is 4.51. The number of hydrogen-bond donors (Lipinski definition) is 2. The van der Waals surface area contributed by atoms with Crippen molar-refractivity contribution in [3.63, 3.8) is 0 Å². The zero-order valence-electron chi connectivity index (χ0n) is 10.4. The zero-order chi connectivity index (χ0) is 14.5. The Morgan fingerprint density at radius 3 is 2.58 bits per heavy atom. The Kier molecular flexibility index (Phi) is 5.28. The van der Waals surface area contributed by atoms with Crippen molar-refractivity contribution in [3.05, 3.63) is 24.3 Å². The van der Waals surface area contributed by atoms with E-state index in [0.29, 0.717) is 0 Å². The summed E-state index contributed by atoms with van der Waals surface area (Å²) in [6.07, 6.45) is 0. The predicted molar refractivity (Wildman–Crippen MR) is 69.5 cm³/mol. The van der Waals surface area contributed by atoms with Crippen molar-refractivity contribution in [2.75, 3.05) is 31.7 Å². The molecule has 0 saturated carbocycles. The fraction of sp³-hybridized carbons (Fsp3) is 0.364. The first kappa shape index (κ1) is 15.4. The first-order chi connectivity index (χ1) is 8.86. The molecule has 0 radical (unpaired) electrons.